The molecule has 1 heterocycles. The van der Waals surface area contributed by atoms with Gasteiger partial charge in [0.2, 0.25) is 5.89 Å². The summed E-state index contributed by atoms with van der Waals surface area (Å²) in [4.78, 5) is 16.5. The van der Waals surface area contributed by atoms with Crippen molar-refractivity contribution in [2.24, 2.45) is 5.73 Å². The zero-order chi connectivity index (χ0) is 18.9. The molecule has 2 aromatic carbocycles. The van der Waals surface area contributed by atoms with Gasteiger partial charge in [-0.2, -0.15) is 0 Å². The van der Waals surface area contributed by atoms with Crippen molar-refractivity contribution in [2.45, 2.75) is 19.3 Å². The summed E-state index contributed by atoms with van der Waals surface area (Å²) in [6, 6.07) is 17.6. The molecule has 0 radical (unpaired) electrons. The van der Waals surface area contributed by atoms with E-state index in [2.05, 4.69) is 10.3 Å². The summed E-state index contributed by atoms with van der Waals surface area (Å²) in [5, 5.41) is 2.83. The summed E-state index contributed by atoms with van der Waals surface area (Å²) in [6.07, 6.45) is 8.07. The summed E-state index contributed by atoms with van der Waals surface area (Å²) in [5.74, 6) is 0.0910. The Labute approximate surface area is 158 Å². The number of aromatic nitrogens is 1. The molecule has 138 valence electrons. The van der Waals surface area contributed by atoms with Gasteiger partial charge in [-0.3, -0.25) is 4.79 Å². The van der Waals surface area contributed by atoms with Crippen molar-refractivity contribution in [2.75, 3.05) is 11.9 Å². The average Bonchev–Trinajstić information content (AvgIpc) is 3.18. The van der Waals surface area contributed by atoms with Crippen molar-refractivity contribution in [3.05, 3.63) is 83.6 Å². The molecule has 3 rings (SSSR count). The van der Waals surface area contributed by atoms with E-state index in [1.165, 1.54) is 11.8 Å². The van der Waals surface area contributed by atoms with E-state index in [0.29, 0.717) is 12.4 Å². The SMILES string of the molecule is NCCCCc1ccc(NC(=O)c2coc(/C=C/c3ccccc3)n2)cc1. The lowest BCUT2D eigenvalue weighted by atomic mass is 10.1. The van der Waals surface area contributed by atoms with E-state index in [4.69, 9.17) is 10.2 Å². The van der Waals surface area contributed by atoms with Gasteiger partial charge in [-0.1, -0.05) is 42.5 Å². The Balaban J connectivity index is 1.57. The molecular formula is C22H23N3O2. The molecule has 3 N–H and O–H groups in total. The highest BCUT2D eigenvalue weighted by Crippen LogP contribution is 2.14. The Bertz CT molecular complexity index is 883. The third-order valence-electron chi connectivity index (χ3n) is 4.10. The third-order valence-corrected chi connectivity index (χ3v) is 4.10. The molecule has 27 heavy (non-hydrogen) atoms. The molecule has 0 atom stereocenters. The maximum atomic E-state index is 12.3. The second-order valence-electron chi connectivity index (χ2n) is 6.21. The number of carbonyl (C=O) groups excluding carboxylic acids is 1. The van der Waals surface area contributed by atoms with Crippen molar-refractivity contribution >= 4 is 23.7 Å². The quantitative estimate of drug-likeness (QED) is 0.584. The maximum Gasteiger partial charge on any atom is 0.277 e. The summed E-state index contributed by atoms with van der Waals surface area (Å²) in [6.45, 7) is 0.717. The number of unbranched alkanes of at least 4 members (excludes halogenated alkanes) is 1. The molecule has 1 aromatic heterocycles. The van der Waals surface area contributed by atoms with E-state index >= 15 is 0 Å². The topological polar surface area (TPSA) is 81.1 Å². The first-order chi connectivity index (χ1) is 13.2. The van der Waals surface area contributed by atoms with Crippen LogP contribution in [0.5, 0.6) is 0 Å². The number of aryl methyl sites for hydroxylation is 1. The Morgan fingerprint density at radius 3 is 2.56 bits per heavy atom. The summed E-state index contributed by atoms with van der Waals surface area (Å²) >= 11 is 0. The van der Waals surface area contributed by atoms with Crippen molar-refractivity contribution < 1.29 is 9.21 Å². The van der Waals surface area contributed by atoms with Crippen molar-refractivity contribution in [1.82, 2.24) is 4.98 Å². The van der Waals surface area contributed by atoms with Crippen molar-refractivity contribution in [1.29, 1.82) is 0 Å². The number of nitrogens with zero attached hydrogens (tertiary/aromatic N) is 1. The van der Waals surface area contributed by atoms with Crippen molar-refractivity contribution in [3.8, 4) is 0 Å². The smallest absolute Gasteiger partial charge is 0.277 e. The minimum Gasteiger partial charge on any atom is -0.444 e. The normalized spacial score (nSPS) is 11.0. The fourth-order valence-corrected chi connectivity index (χ4v) is 2.62. The van der Waals surface area contributed by atoms with Gasteiger partial charge in [-0.05, 0) is 55.1 Å². The van der Waals surface area contributed by atoms with E-state index in [-0.39, 0.29) is 11.6 Å². The Hall–Kier alpha value is -3.18. The molecule has 5 nitrogen and oxygen atoms in total. The highest BCUT2D eigenvalue weighted by Gasteiger charge is 2.11. The molecule has 0 unspecified atom stereocenters. The van der Waals surface area contributed by atoms with Gasteiger partial charge in [0.1, 0.15) is 6.26 Å². The molecule has 3 aromatic rings. The van der Waals surface area contributed by atoms with Crippen LogP contribution >= 0.6 is 0 Å². The number of rotatable bonds is 8. The number of hydrogen-bond donors (Lipinski definition) is 2. The van der Waals surface area contributed by atoms with Gasteiger partial charge in [0.15, 0.2) is 5.69 Å². The zero-order valence-corrected chi connectivity index (χ0v) is 15.1. The highest BCUT2D eigenvalue weighted by molar-refractivity contribution is 6.02. The lowest BCUT2D eigenvalue weighted by molar-refractivity contribution is 0.102. The van der Waals surface area contributed by atoms with Crippen LogP contribution in [0.25, 0.3) is 12.2 Å². The van der Waals surface area contributed by atoms with Crippen molar-refractivity contribution in [3.63, 3.8) is 0 Å². The van der Waals surface area contributed by atoms with Gasteiger partial charge >= 0.3 is 0 Å². The number of nitrogens with one attached hydrogen (secondary N) is 1. The van der Waals surface area contributed by atoms with Crippen LogP contribution in [0.2, 0.25) is 0 Å². The molecular weight excluding hydrogens is 338 g/mol. The summed E-state index contributed by atoms with van der Waals surface area (Å²) in [5.41, 5.74) is 8.75. The predicted octanol–water partition coefficient (Wildman–Crippen LogP) is 4.38. The van der Waals surface area contributed by atoms with Crippen LogP contribution in [-0.4, -0.2) is 17.4 Å². The van der Waals surface area contributed by atoms with Gasteiger partial charge in [0.05, 0.1) is 0 Å². The lowest BCUT2D eigenvalue weighted by Crippen LogP contribution is -2.12. The lowest BCUT2D eigenvalue weighted by Gasteiger charge is -2.05. The largest absolute Gasteiger partial charge is 0.444 e. The van der Waals surface area contributed by atoms with Crippen LogP contribution in [-0.2, 0) is 6.42 Å². The zero-order valence-electron chi connectivity index (χ0n) is 15.1. The number of nitrogens with two attached hydrogens (primary N) is 1. The van der Waals surface area contributed by atoms with Crippen LogP contribution in [0.15, 0.2) is 65.3 Å². The first kappa shape index (κ1) is 18.6. The molecule has 0 saturated heterocycles. The fourth-order valence-electron chi connectivity index (χ4n) is 2.62. The van der Waals surface area contributed by atoms with Crippen LogP contribution in [0.4, 0.5) is 5.69 Å². The highest BCUT2D eigenvalue weighted by atomic mass is 16.3. The minimum atomic E-state index is -0.297. The average molecular weight is 361 g/mol. The van der Waals surface area contributed by atoms with E-state index in [9.17, 15) is 4.79 Å². The molecule has 0 bridgehead atoms. The number of carbonyl (C=O) groups is 1. The fraction of sp³-hybridized carbons (Fsp3) is 0.182. The van der Waals surface area contributed by atoms with E-state index in [1.54, 1.807) is 6.08 Å². The Morgan fingerprint density at radius 2 is 1.81 bits per heavy atom. The Morgan fingerprint density at radius 1 is 1.04 bits per heavy atom. The number of benzene rings is 2. The van der Waals surface area contributed by atoms with Crippen LogP contribution in [0.1, 0.15) is 40.3 Å². The number of amides is 1. The second-order valence-corrected chi connectivity index (χ2v) is 6.21. The van der Waals surface area contributed by atoms with E-state index in [1.807, 2.05) is 60.7 Å². The molecule has 0 aliphatic carbocycles. The van der Waals surface area contributed by atoms with Crippen LogP contribution in [0, 0.1) is 0 Å². The van der Waals surface area contributed by atoms with E-state index < -0.39 is 0 Å². The van der Waals surface area contributed by atoms with Gasteiger partial charge in [-0.25, -0.2) is 4.98 Å². The standard InChI is InChI=1S/C22H23N3O2/c23-15-5-4-8-18-9-12-19(13-10-18)24-22(26)20-16-27-21(25-20)14-11-17-6-2-1-3-7-17/h1-3,6-7,9-14,16H,4-5,8,15,23H2,(H,24,26)/b14-11+. The van der Waals surface area contributed by atoms with Crippen LogP contribution in [0.3, 0.4) is 0 Å². The number of oxazole rings is 1. The van der Waals surface area contributed by atoms with Gasteiger partial charge in [0.25, 0.3) is 5.91 Å². The molecule has 0 aliphatic heterocycles. The third kappa shape index (κ3) is 5.66. The van der Waals surface area contributed by atoms with Gasteiger partial charge < -0.3 is 15.5 Å². The van der Waals surface area contributed by atoms with Gasteiger partial charge in [0, 0.05) is 11.8 Å². The van der Waals surface area contributed by atoms with E-state index in [0.717, 1.165) is 30.5 Å². The number of hydrogen-bond acceptors (Lipinski definition) is 4. The maximum absolute atomic E-state index is 12.3. The molecule has 0 saturated carbocycles. The molecule has 5 heteroatoms. The molecule has 0 aliphatic rings. The minimum absolute atomic E-state index is 0.245. The summed E-state index contributed by atoms with van der Waals surface area (Å²) in [7, 11) is 0. The Kier molecular flexibility index (Phi) is 6.55. The molecule has 0 fully saturated rings. The first-order valence-corrected chi connectivity index (χ1v) is 9.03. The predicted molar refractivity (Wildman–Crippen MR) is 108 cm³/mol. The first-order valence-electron chi connectivity index (χ1n) is 9.03. The number of anilines is 1. The molecule has 0 spiro atoms. The van der Waals surface area contributed by atoms with Gasteiger partial charge in [-0.15, -0.1) is 0 Å². The molecule has 1 amide bonds. The van der Waals surface area contributed by atoms with Crippen LogP contribution < -0.4 is 11.1 Å². The monoisotopic (exact) mass is 361 g/mol. The second kappa shape index (κ2) is 9.50. The summed E-state index contributed by atoms with van der Waals surface area (Å²) < 4.78 is 5.35.